The number of aliphatic hydroxyl groups excluding tert-OH is 1. The number of carbonyl (C=O) groups is 1. The molecule has 3 N–H and O–H groups in total. The van der Waals surface area contributed by atoms with E-state index in [0.29, 0.717) is 27.5 Å². The third-order valence-electron chi connectivity index (χ3n) is 4.54. The summed E-state index contributed by atoms with van der Waals surface area (Å²) in [6, 6.07) is 15.1. The smallest absolute Gasteiger partial charge is 0.410 e. The van der Waals surface area contributed by atoms with E-state index in [4.69, 9.17) is 5.26 Å². The van der Waals surface area contributed by atoms with Crippen LogP contribution in [0.2, 0.25) is 0 Å². The van der Waals surface area contributed by atoms with Crippen LogP contribution in [0.4, 0.5) is 22.2 Å². The van der Waals surface area contributed by atoms with E-state index >= 15 is 0 Å². The summed E-state index contributed by atoms with van der Waals surface area (Å²) in [6.07, 6.45) is 0.672. The average Bonchev–Trinajstić information content (AvgIpc) is 2.89. The van der Waals surface area contributed by atoms with Gasteiger partial charge in [0, 0.05) is 17.3 Å². The molecule has 0 unspecified atom stereocenters. The molecule has 2 aromatic carbocycles. The monoisotopic (exact) mass is 503 g/mol. The van der Waals surface area contributed by atoms with Crippen molar-refractivity contribution >= 4 is 34.1 Å². The van der Waals surface area contributed by atoms with Crippen molar-refractivity contribution in [3.8, 4) is 17.9 Å². The second-order valence-corrected chi connectivity index (χ2v) is 8.46. The van der Waals surface area contributed by atoms with Gasteiger partial charge in [-0.3, -0.25) is 4.36 Å². The number of anilines is 3. The van der Waals surface area contributed by atoms with Crippen molar-refractivity contribution in [1.29, 1.82) is 5.26 Å². The molecule has 0 aliphatic heterocycles. The van der Waals surface area contributed by atoms with E-state index < -0.39 is 16.7 Å². The fourth-order valence-electron chi connectivity index (χ4n) is 2.74. The fourth-order valence-corrected chi connectivity index (χ4v) is 3.41. The first-order chi connectivity index (χ1) is 17.4. The topological polar surface area (TPSA) is 150 Å². The van der Waals surface area contributed by atoms with Gasteiger partial charge < -0.3 is 24.7 Å². The molecule has 0 bridgehead atoms. The van der Waals surface area contributed by atoms with Crippen LogP contribution in [0.3, 0.4) is 0 Å². The highest BCUT2D eigenvalue weighted by Gasteiger charge is 2.09. The lowest BCUT2D eigenvalue weighted by atomic mass is 10.1. The van der Waals surface area contributed by atoms with Gasteiger partial charge in [0.05, 0.1) is 36.6 Å². The molecule has 0 aliphatic rings. The van der Waals surface area contributed by atoms with Gasteiger partial charge in [0.25, 0.3) is 0 Å². The molecule has 1 heterocycles. The lowest BCUT2D eigenvalue weighted by Crippen LogP contribution is -2.21. The number of aromatic nitrogens is 2. The van der Waals surface area contributed by atoms with E-state index in [-0.39, 0.29) is 25.2 Å². The molecule has 0 fully saturated rings. The van der Waals surface area contributed by atoms with E-state index in [2.05, 4.69) is 47.6 Å². The molecule has 36 heavy (non-hydrogen) atoms. The lowest BCUT2D eigenvalue weighted by molar-refractivity contribution is 0.164. The molecule has 1 atom stereocenters. The van der Waals surface area contributed by atoms with Crippen LogP contribution < -0.4 is 10.6 Å². The van der Waals surface area contributed by atoms with Gasteiger partial charge in [-0.1, -0.05) is 28.9 Å². The molecule has 3 rings (SSSR count). The second kappa shape index (κ2) is 12.9. The minimum atomic E-state index is -1.88. The molecule has 0 saturated carbocycles. The molecule has 11 heteroatoms. The van der Waals surface area contributed by atoms with Crippen LogP contribution in [0, 0.1) is 23.2 Å². The van der Waals surface area contributed by atoms with Gasteiger partial charge >= 0.3 is 6.09 Å². The molecular weight excluding hydrogens is 480 g/mol. The Hall–Kier alpha value is -4.45. The normalized spacial score (nSPS) is 11.9. The zero-order chi connectivity index (χ0) is 25.9. The van der Waals surface area contributed by atoms with Crippen molar-refractivity contribution in [1.82, 2.24) is 9.97 Å². The predicted octanol–water partition coefficient (Wildman–Crippen LogP) is 3.95. The number of rotatable bonds is 7. The Morgan fingerprint density at radius 2 is 1.86 bits per heavy atom. The molecule has 184 valence electrons. The predicted molar refractivity (Wildman–Crippen MR) is 135 cm³/mol. The summed E-state index contributed by atoms with van der Waals surface area (Å²) in [5.41, 5.74) is 2.41. The van der Waals surface area contributed by atoms with E-state index in [1.165, 1.54) is 0 Å². The summed E-state index contributed by atoms with van der Waals surface area (Å²) < 4.78 is 20.3. The Morgan fingerprint density at radius 3 is 2.50 bits per heavy atom. The highest BCUT2D eigenvalue weighted by Crippen LogP contribution is 2.19. The zero-order valence-electron chi connectivity index (χ0n) is 19.6. The van der Waals surface area contributed by atoms with Crippen molar-refractivity contribution in [3.63, 3.8) is 0 Å². The molecule has 1 aromatic heterocycles. The van der Waals surface area contributed by atoms with E-state index in [9.17, 15) is 14.1 Å². The molecule has 0 saturated heterocycles. The molecule has 1 amide bonds. The Balaban J connectivity index is 1.81. The van der Waals surface area contributed by atoms with Gasteiger partial charge in [0.1, 0.15) is 5.82 Å². The lowest BCUT2D eigenvalue weighted by Gasteiger charge is -2.14. The number of carbonyl (C=O) groups excluding carboxylic acids is 1. The molecule has 3 aromatic rings. The van der Waals surface area contributed by atoms with Crippen molar-refractivity contribution in [3.05, 3.63) is 71.4 Å². The zero-order valence-corrected chi connectivity index (χ0v) is 20.4. The second-order valence-electron chi connectivity index (χ2n) is 7.31. The molecule has 0 spiro atoms. The molecule has 0 radical (unpaired) electrons. The summed E-state index contributed by atoms with van der Waals surface area (Å²) in [4.78, 5) is 20.5. The highest BCUT2D eigenvalue weighted by atomic mass is 32.2. The summed E-state index contributed by atoms with van der Waals surface area (Å²) in [5.74, 6) is 6.74. The van der Waals surface area contributed by atoms with E-state index in [1.807, 2.05) is 0 Å². The summed E-state index contributed by atoms with van der Waals surface area (Å²) >= 11 is 0. The number of benzene rings is 2. The third kappa shape index (κ3) is 7.53. The third-order valence-corrected chi connectivity index (χ3v) is 5.53. The fraction of sp³-hybridized carbons (Fsp3) is 0.200. The van der Waals surface area contributed by atoms with Gasteiger partial charge in [0.2, 0.25) is 5.95 Å². The highest BCUT2D eigenvalue weighted by molar-refractivity contribution is 7.75. The Bertz CT molecular complexity index is 1400. The number of hydrogen-bond donors (Lipinski definition) is 3. The quantitative estimate of drug-likeness (QED) is 0.322. The maximum absolute atomic E-state index is 12.2. The van der Waals surface area contributed by atoms with Crippen molar-refractivity contribution in [2.24, 2.45) is 4.36 Å². The van der Waals surface area contributed by atoms with Crippen LogP contribution in [0.1, 0.15) is 30.5 Å². The summed E-state index contributed by atoms with van der Waals surface area (Å²) in [7, 11) is -1.88. The minimum absolute atomic E-state index is 0.106. The van der Waals surface area contributed by atoms with Crippen LogP contribution in [-0.4, -0.2) is 40.4 Å². The number of aliphatic hydroxyl groups is 1. The van der Waals surface area contributed by atoms with Crippen molar-refractivity contribution < 1.29 is 18.8 Å². The van der Waals surface area contributed by atoms with Crippen LogP contribution in [0.15, 0.2) is 64.0 Å². The number of hydrogen-bond acceptors (Lipinski definition) is 10. The van der Waals surface area contributed by atoms with E-state index in [1.54, 1.807) is 68.6 Å². The number of nitrogens with zero attached hydrogens (tertiary/aromatic N) is 4. The summed E-state index contributed by atoms with van der Waals surface area (Å²) in [6.45, 7) is 3.48. The standard InChI is InChI=1S/C25H23N6O4S/c1-3-35-25(33)31-36(34)22-12-10-21(11-13-22)29-24-27-15-20(23(30-24)28-17(2)16-32)9-8-18-4-6-19(14-26)7-5-18/h4-7,10-13,15,17,32H,3,16H2,1-2H3,(H2,27,28,29,30)/q-1/t17-/m1/s1. The minimum Gasteiger partial charge on any atom is -0.450 e. The van der Waals surface area contributed by atoms with Crippen molar-refractivity contribution in [2.75, 3.05) is 23.8 Å². The van der Waals surface area contributed by atoms with Crippen molar-refractivity contribution in [2.45, 2.75) is 24.8 Å². The largest absolute Gasteiger partial charge is 0.450 e. The van der Waals surface area contributed by atoms with Crippen LogP contribution in [-0.2, 0) is 19.5 Å². The van der Waals surface area contributed by atoms with Gasteiger partial charge in [-0.2, -0.15) is 10.2 Å². The number of nitrogens with one attached hydrogen (secondary N) is 2. The number of nitriles is 1. The maximum atomic E-state index is 12.2. The SMILES string of the molecule is CCOC(=O)N=[S-](=O)c1ccc(Nc2ncc(C#Cc3ccc(C#N)cc3)c(N[C@H](C)CO)n2)cc1. The molecule has 0 aliphatic carbocycles. The summed E-state index contributed by atoms with van der Waals surface area (Å²) in [5, 5.41) is 24.5. The van der Waals surface area contributed by atoms with Gasteiger partial charge in [-0.25, -0.2) is 9.78 Å². The Kier molecular flexibility index (Phi) is 9.34. The van der Waals surface area contributed by atoms with E-state index in [0.717, 1.165) is 5.56 Å². The van der Waals surface area contributed by atoms with Gasteiger partial charge in [-0.15, -0.1) is 10.6 Å². The van der Waals surface area contributed by atoms with Gasteiger partial charge in [0.15, 0.2) is 0 Å². The Labute approximate surface area is 210 Å². The maximum Gasteiger partial charge on any atom is 0.410 e. The van der Waals surface area contributed by atoms with Crippen LogP contribution in [0.25, 0.3) is 0 Å². The first-order valence-electron chi connectivity index (χ1n) is 10.9. The average molecular weight is 504 g/mol. The van der Waals surface area contributed by atoms with Crippen LogP contribution in [0.5, 0.6) is 0 Å². The molecular formula is C25H23N6O4S-. The number of ether oxygens (including phenoxy) is 1. The number of amides is 1. The first-order valence-corrected chi connectivity index (χ1v) is 12.0. The molecule has 10 nitrogen and oxygen atoms in total. The van der Waals surface area contributed by atoms with Gasteiger partial charge in [-0.05, 0) is 50.2 Å². The van der Waals surface area contributed by atoms with Crippen LogP contribution >= 0.6 is 0 Å². The Morgan fingerprint density at radius 1 is 1.17 bits per heavy atom. The first kappa shape index (κ1) is 26.2.